The third-order valence-corrected chi connectivity index (χ3v) is 3.20. The lowest BCUT2D eigenvalue weighted by molar-refractivity contribution is 0.101. The van der Waals surface area contributed by atoms with E-state index in [1.165, 1.54) is 6.20 Å². The van der Waals surface area contributed by atoms with E-state index in [2.05, 4.69) is 10.3 Å². The van der Waals surface area contributed by atoms with E-state index in [0.29, 0.717) is 41.8 Å². The van der Waals surface area contributed by atoms with Gasteiger partial charge in [-0.25, -0.2) is 4.98 Å². The maximum atomic E-state index is 12.4. The van der Waals surface area contributed by atoms with Gasteiger partial charge in [0, 0.05) is 0 Å². The number of carbonyl (C=O) groups excluding carboxylic acids is 1. The highest BCUT2D eigenvalue weighted by Crippen LogP contribution is 2.33. The first kappa shape index (κ1) is 13.2. The number of ether oxygens (including phenoxy) is 2. The van der Waals surface area contributed by atoms with E-state index in [1.807, 2.05) is 6.92 Å². The maximum Gasteiger partial charge on any atom is 0.260 e. The fraction of sp³-hybridized carbons (Fsp3) is 0.200. The summed E-state index contributed by atoms with van der Waals surface area (Å²) < 4.78 is 11.0. The average molecular weight is 285 g/mol. The van der Waals surface area contributed by atoms with Gasteiger partial charge in [-0.2, -0.15) is 0 Å². The van der Waals surface area contributed by atoms with Crippen molar-refractivity contribution in [1.82, 2.24) is 4.98 Å². The summed E-state index contributed by atoms with van der Waals surface area (Å²) in [6, 6.07) is 6.94. The third kappa shape index (κ3) is 2.60. The largest absolute Gasteiger partial charge is 0.486 e. The van der Waals surface area contributed by atoms with Crippen LogP contribution >= 0.6 is 0 Å². The molecule has 21 heavy (non-hydrogen) atoms. The zero-order valence-corrected chi connectivity index (χ0v) is 11.6. The van der Waals surface area contributed by atoms with Gasteiger partial charge in [-0.15, -0.1) is 0 Å². The SMILES string of the molecule is Cc1cc(NC(=O)c2cccc3c2OCCO3)ncc1N. The lowest BCUT2D eigenvalue weighted by atomic mass is 10.1. The number of fused-ring (bicyclic) bond motifs is 1. The first-order valence-electron chi connectivity index (χ1n) is 6.57. The van der Waals surface area contributed by atoms with Gasteiger partial charge in [-0.05, 0) is 30.7 Å². The molecule has 3 N–H and O–H groups in total. The number of nitrogens with zero attached hydrogens (tertiary/aromatic N) is 1. The van der Waals surface area contributed by atoms with Gasteiger partial charge < -0.3 is 20.5 Å². The number of rotatable bonds is 2. The quantitative estimate of drug-likeness (QED) is 0.881. The Morgan fingerprint density at radius 1 is 1.33 bits per heavy atom. The number of carbonyl (C=O) groups is 1. The molecule has 1 aliphatic heterocycles. The molecule has 1 aromatic heterocycles. The molecular weight excluding hydrogens is 270 g/mol. The standard InChI is InChI=1S/C15H15N3O3/c1-9-7-13(17-8-11(9)16)18-15(19)10-3-2-4-12-14(10)21-6-5-20-12/h2-4,7-8H,5-6,16H2,1H3,(H,17,18,19). The summed E-state index contributed by atoms with van der Waals surface area (Å²) in [5, 5.41) is 2.74. The number of hydrogen-bond donors (Lipinski definition) is 2. The molecule has 1 aromatic carbocycles. The minimum Gasteiger partial charge on any atom is -0.486 e. The van der Waals surface area contributed by atoms with Gasteiger partial charge in [0.1, 0.15) is 19.0 Å². The Morgan fingerprint density at radius 2 is 2.14 bits per heavy atom. The highest BCUT2D eigenvalue weighted by molar-refractivity contribution is 6.06. The Labute approximate surface area is 121 Å². The Kier molecular flexibility index (Phi) is 3.35. The molecule has 0 aliphatic carbocycles. The van der Waals surface area contributed by atoms with Crippen LogP contribution in [0.15, 0.2) is 30.5 Å². The molecule has 0 radical (unpaired) electrons. The van der Waals surface area contributed by atoms with Crippen LogP contribution in [-0.2, 0) is 0 Å². The molecule has 108 valence electrons. The van der Waals surface area contributed by atoms with Crippen LogP contribution in [-0.4, -0.2) is 24.1 Å². The van der Waals surface area contributed by atoms with Crippen LogP contribution in [0.25, 0.3) is 0 Å². The summed E-state index contributed by atoms with van der Waals surface area (Å²) in [6.07, 6.45) is 1.52. The van der Waals surface area contributed by atoms with Crippen molar-refractivity contribution in [2.24, 2.45) is 0 Å². The summed E-state index contributed by atoms with van der Waals surface area (Å²) in [4.78, 5) is 16.5. The lowest BCUT2D eigenvalue weighted by Gasteiger charge is -2.20. The summed E-state index contributed by atoms with van der Waals surface area (Å²) >= 11 is 0. The maximum absolute atomic E-state index is 12.4. The van der Waals surface area contributed by atoms with Crippen molar-refractivity contribution in [3.63, 3.8) is 0 Å². The van der Waals surface area contributed by atoms with Gasteiger partial charge in [-0.3, -0.25) is 4.79 Å². The van der Waals surface area contributed by atoms with E-state index in [9.17, 15) is 4.79 Å². The van der Waals surface area contributed by atoms with Crippen LogP contribution < -0.4 is 20.5 Å². The second-order valence-electron chi connectivity index (χ2n) is 4.71. The summed E-state index contributed by atoms with van der Waals surface area (Å²) in [5.74, 6) is 1.19. The average Bonchev–Trinajstić information content (AvgIpc) is 2.50. The number of hydrogen-bond acceptors (Lipinski definition) is 5. The second-order valence-corrected chi connectivity index (χ2v) is 4.71. The molecular formula is C15H15N3O3. The number of nitrogens with one attached hydrogen (secondary N) is 1. The van der Waals surface area contributed by atoms with E-state index in [0.717, 1.165) is 5.56 Å². The predicted octanol–water partition coefficient (Wildman–Crippen LogP) is 2.00. The number of para-hydroxylation sites is 1. The van der Waals surface area contributed by atoms with Gasteiger partial charge in [0.15, 0.2) is 11.5 Å². The van der Waals surface area contributed by atoms with Crippen LogP contribution in [0.3, 0.4) is 0 Å². The van der Waals surface area contributed by atoms with Crippen LogP contribution in [0.1, 0.15) is 15.9 Å². The number of nitrogen functional groups attached to an aromatic ring is 1. The molecule has 0 saturated heterocycles. The van der Waals surface area contributed by atoms with E-state index < -0.39 is 0 Å². The van der Waals surface area contributed by atoms with Gasteiger partial charge >= 0.3 is 0 Å². The van der Waals surface area contributed by atoms with Crippen molar-refractivity contribution < 1.29 is 14.3 Å². The highest BCUT2D eigenvalue weighted by Gasteiger charge is 2.20. The smallest absolute Gasteiger partial charge is 0.260 e. The van der Waals surface area contributed by atoms with Crippen molar-refractivity contribution >= 4 is 17.4 Å². The van der Waals surface area contributed by atoms with E-state index >= 15 is 0 Å². The molecule has 2 heterocycles. The normalized spacial score (nSPS) is 12.8. The molecule has 2 aromatic rings. The summed E-state index contributed by atoms with van der Waals surface area (Å²) in [5.41, 5.74) is 7.57. The number of nitrogens with two attached hydrogens (primary N) is 1. The van der Waals surface area contributed by atoms with Crippen LogP contribution in [0.2, 0.25) is 0 Å². The van der Waals surface area contributed by atoms with Crippen molar-refractivity contribution in [2.75, 3.05) is 24.3 Å². The molecule has 0 fully saturated rings. The third-order valence-electron chi connectivity index (χ3n) is 3.20. The van der Waals surface area contributed by atoms with Crippen LogP contribution in [0, 0.1) is 6.92 Å². The Balaban J connectivity index is 1.87. The molecule has 0 spiro atoms. The van der Waals surface area contributed by atoms with E-state index in [1.54, 1.807) is 24.3 Å². The van der Waals surface area contributed by atoms with Crippen molar-refractivity contribution in [2.45, 2.75) is 6.92 Å². The van der Waals surface area contributed by atoms with Gasteiger partial charge in [0.2, 0.25) is 0 Å². The molecule has 1 amide bonds. The molecule has 0 unspecified atom stereocenters. The number of pyridine rings is 1. The number of anilines is 2. The number of aryl methyl sites for hydroxylation is 1. The molecule has 1 aliphatic rings. The highest BCUT2D eigenvalue weighted by atomic mass is 16.6. The van der Waals surface area contributed by atoms with Crippen LogP contribution in [0.5, 0.6) is 11.5 Å². The van der Waals surface area contributed by atoms with Crippen molar-refractivity contribution in [3.8, 4) is 11.5 Å². The fourth-order valence-corrected chi connectivity index (χ4v) is 2.07. The van der Waals surface area contributed by atoms with E-state index in [4.69, 9.17) is 15.2 Å². The van der Waals surface area contributed by atoms with Crippen molar-refractivity contribution in [3.05, 3.63) is 41.6 Å². The first-order chi connectivity index (χ1) is 10.1. The van der Waals surface area contributed by atoms with Gasteiger partial charge in [0.05, 0.1) is 17.4 Å². The topological polar surface area (TPSA) is 86.5 Å². The number of benzene rings is 1. The van der Waals surface area contributed by atoms with Gasteiger partial charge in [0.25, 0.3) is 5.91 Å². The predicted molar refractivity (Wildman–Crippen MR) is 78.8 cm³/mol. The second kappa shape index (κ2) is 5.32. The minimum absolute atomic E-state index is 0.297. The lowest BCUT2D eigenvalue weighted by Crippen LogP contribution is -2.20. The molecule has 3 rings (SSSR count). The number of aromatic nitrogens is 1. The zero-order valence-electron chi connectivity index (χ0n) is 11.6. The summed E-state index contributed by atoms with van der Waals surface area (Å²) in [6.45, 7) is 2.77. The molecule has 0 atom stereocenters. The zero-order chi connectivity index (χ0) is 14.8. The molecule has 6 nitrogen and oxygen atoms in total. The summed E-state index contributed by atoms with van der Waals surface area (Å²) in [7, 11) is 0. The minimum atomic E-state index is -0.297. The molecule has 6 heteroatoms. The Bertz CT molecular complexity index is 701. The molecule has 0 bridgehead atoms. The van der Waals surface area contributed by atoms with Gasteiger partial charge in [-0.1, -0.05) is 6.07 Å². The van der Waals surface area contributed by atoms with Crippen molar-refractivity contribution in [1.29, 1.82) is 0 Å². The first-order valence-corrected chi connectivity index (χ1v) is 6.57. The Morgan fingerprint density at radius 3 is 2.95 bits per heavy atom. The number of amides is 1. The Hall–Kier alpha value is -2.76. The monoisotopic (exact) mass is 285 g/mol. The molecule has 0 saturated carbocycles. The van der Waals surface area contributed by atoms with Crippen LogP contribution in [0.4, 0.5) is 11.5 Å². The fourth-order valence-electron chi connectivity index (χ4n) is 2.07. The van der Waals surface area contributed by atoms with E-state index in [-0.39, 0.29) is 5.91 Å².